The average Bonchev–Trinajstić information content (AvgIpc) is 3.67. The number of H-pyrrole nitrogens is 1. The van der Waals surface area contributed by atoms with Crippen molar-refractivity contribution in [2.45, 2.75) is 168 Å². The summed E-state index contributed by atoms with van der Waals surface area (Å²) in [7, 11) is 0. The quantitative estimate of drug-likeness (QED) is 0.0492. The second kappa shape index (κ2) is 32.8. The van der Waals surface area contributed by atoms with Crippen molar-refractivity contribution in [3.63, 3.8) is 0 Å². The van der Waals surface area contributed by atoms with Crippen molar-refractivity contribution in [2.75, 3.05) is 46.1 Å². The number of aromatic nitrogens is 2. The third-order valence-electron chi connectivity index (χ3n) is 10.1. The van der Waals surface area contributed by atoms with Gasteiger partial charge in [0.2, 0.25) is 17.7 Å². The van der Waals surface area contributed by atoms with E-state index in [1.165, 1.54) is 89.8 Å². The molecule has 56 heavy (non-hydrogen) atoms. The standard InChI is InChI=1S/C42H77N7O7/c1-4-5-6-7-8-9-10-11-12-13-14-15-16-17-18-22-39(52)47-24-25-55-26-27-56-32-40(53)46-23-20-19-21-36(41(44)54)48-31-38(51)42(2,3)29-37(50)35(43)28-34-30-45-33-49-34/h30,33,35-36,48H,4-29,31-32,43H2,1-3H3,(H2,44,54)(H,45,49)(H,46,53)(H,47,52)/t35-,36-/m0/s1. The van der Waals surface area contributed by atoms with Gasteiger partial charge in [0.15, 0.2) is 11.6 Å². The lowest BCUT2D eigenvalue weighted by atomic mass is 9.81. The first-order chi connectivity index (χ1) is 27.0. The van der Waals surface area contributed by atoms with Crippen LogP contribution in [0.25, 0.3) is 0 Å². The maximum atomic E-state index is 12.9. The monoisotopic (exact) mass is 792 g/mol. The molecule has 0 aromatic carbocycles. The number of primary amides is 1. The molecular formula is C42H77N7O7. The average molecular weight is 792 g/mol. The number of rotatable bonds is 39. The number of hydrogen-bond donors (Lipinski definition) is 6. The molecule has 1 heterocycles. The number of nitrogens with one attached hydrogen (secondary N) is 4. The highest BCUT2D eigenvalue weighted by atomic mass is 16.5. The number of carbonyl (C=O) groups is 5. The smallest absolute Gasteiger partial charge is 0.245 e. The van der Waals surface area contributed by atoms with Crippen molar-refractivity contribution < 1.29 is 33.4 Å². The minimum Gasteiger partial charge on any atom is -0.377 e. The van der Waals surface area contributed by atoms with Gasteiger partial charge in [0.05, 0.1) is 44.8 Å². The predicted molar refractivity (Wildman–Crippen MR) is 221 cm³/mol. The van der Waals surface area contributed by atoms with E-state index in [0.717, 1.165) is 18.5 Å². The summed E-state index contributed by atoms with van der Waals surface area (Å²) in [5, 5.41) is 8.60. The number of aromatic amines is 1. The number of nitrogens with zero attached hydrogens (tertiary/aromatic N) is 1. The summed E-state index contributed by atoms with van der Waals surface area (Å²) in [6.45, 7) is 7.22. The van der Waals surface area contributed by atoms with E-state index in [0.29, 0.717) is 58.4 Å². The fourth-order valence-electron chi connectivity index (χ4n) is 6.36. The number of ether oxygens (including phenoxy) is 2. The van der Waals surface area contributed by atoms with Crippen molar-refractivity contribution in [2.24, 2.45) is 16.9 Å². The number of ketones is 2. The number of imidazole rings is 1. The molecule has 3 amide bonds. The van der Waals surface area contributed by atoms with Crippen LogP contribution in [0.5, 0.6) is 0 Å². The third-order valence-corrected chi connectivity index (χ3v) is 10.1. The number of unbranched alkanes of at least 4 members (excludes halogenated alkanes) is 15. The molecular weight excluding hydrogens is 715 g/mol. The normalized spacial score (nSPS) is 12.6. The molecule has 322 valence electrons. The lowest BCUT2D eigenvalue weighted by molar-refractivity contribution is -0.132. The van der Waals surface area contributed by atoms with Crippen LogP contribution in [0.2, 0.25) is 0 Å². The van der Waals surface area contributed by atoms with Crippen LogP contribution in [0.1, 0.15) is 155 Å². The second-order valence-electron chi connectivity index (χ2n) is 15.7. The third kappa shape index (κ3) is 27.4. The number of Topliss-reactive ketones (excluding diaryl/α,β-unsaturated/α-hetero) is 2. The number of nitrogens with two attached hydrogens (primary N) is 2. The zero-order valence-electron chi connectivity index (χ0n) is 35.1. The molecule has 1 aromatic rings. The SMILES string of the molecule is CCCCCCCCCCCCCCCCCC(=O)NCCOCCOCC(=O)NCCCC[C@H](NCC(=O)C(C)(C)CC(=O)[C@@H](N)Cc1cnc[nH]1)C(N)=O. The zero-order chi connectivity index (χ0) is 41.3. The van der Waals surface area contributed by atoms with Gasteiger partial charge in [0.1, 0.15) is 6.61 Å². The lowest BCUT2D eigenvalue weighted by Crippen LogP contribution is -2.46. The van der Waals surface area contributed by atoms with E-state index in [4.69, 9.17) is 20.9 Å². The highest BCUT2D eigenvalue weighted by Gasteiger charge is 2.32. The Labute approximate surface area is 336 Å². The molecule has 0 saturated carbocycles. The summed E-state index contributed by atoms with van der Waals surface area (Å²) in [6.07, 6.45) is 25.1. The van der Waals surface area contributed by atoms with Gasteiger partial charge in [-0.05, 0) is 25.7 Å². The van der Waals surface area contributed by atoms with Crippen molar-refractivity contribution in [1.29, 1.82) is 0 Å². The van der Waals surface area contributed by atoms with E-state index >= 15 is 0 Å². The molecule has 0 aliphatic heterocycles. The summed E-state index contributed by atoms with van der Waals surface area (Å²) in [4.78, 5) is 68.6. The largest absolute Gasteiger partial charge is 0.377 e. The van der Waals surface area contributed by atoms with E-state index in [-0.39, 0.29) is 49.6 Å². The van der Waals surface area contributed by atoms with Gasteiger partial charge in [-0.2, -0.15) is 0 Å². The van der Waals surface area contributed by atoms with E-state index < -0.39 is 23.4 Å². The van der Waals surface area contributed by atoms with E-state index in [2.05, 4.69) is 32.8 Å². The molecule has 0 radical (unpaired) electrons. The Hall–Kier alpha value is -3.20. The molecule has 0 saturated heterocycles. The molecule has 0 bridgehead atoms. The van der Waals surface area contributed by atoms with Crippen LogP contribution < -0.4 is 27.4 Å². The summed E-state index contributed by atoms with van der Waals surface area (Å²) >= 11 is 0. The van der Waals surface area contributed by atoms with Crippen LogP contribution in [0.4, 0.5) is 0 Å². The molecule has 0 unspecified atom stereocenters. The van der Waals surface area contributed by atoms with Crippen molar-refractivity contribution in [1.82, 2.24) is 25.9 Å². The Morgan fingerprint density at radius 2 is 1.36 bits per heavy atom. The molecule has 14 heteroatoms. The number of hydrogen-bond acceptors (Lipinski definition) is 10. The van der Waals surface area contributed by atoms with Gasteiger partial charge >= 0.3 is 0 Å². The van der Waals surface area contributed by atoms with Crippen molar-refractivity contribution in [3.05, 3.63) is 18.2 Å². The summed E-state index contributed by atoms with van der Waals surface area (Å²) < 4.78 is 10.9. The fourth-order valence-corrected chi connectivity index (χ4v) is 6.36. The fraction of sp³-hybridized carbons (Fsp3) is 0.810. The molecule has 0 aliphatic carbocycles. The summed E-state index contributed by atoms with van der Waals surface area (Å²) in [6, 6.07) is -1.48. The minimum atomic E-state index is -0.973. The second-order valence-corrected chi connectivity index (χ2v) is 15.7. The molecule has 1 rings (SSSR count). The molecule has 1 aromatic heterocycles. The minimum absolute atomic E-state index is 0.0280. The lowest BCUT2D eigenvalue weighted by Gasteiger charge is -2.25. The number of carbonyl (C=O) groups excluding carboxylic acids is 5. The van der Waals surface area contributed by atoms with E-state index in [1.54, 1.807) is 20.0 Å². The Bertz CT molecular complexity index is 1200. The highest BCUT2D eigenvalue weighted by Crippen LogP contribution is 2.23. The van der Waals surface area contributed by atoms with Crippen LogP contribution in [0.15, 0.2) is 12.5 Å². The first-order valence-corrected chi connectivity index (χ1v) is 21.5. The Morgan fingerprint density at radius 3 is 1.95 bits per heavy atom. The predicted octanol–water partition coefficient (Wildman–Crippen LogP) is 4.97. The zero-order valence-corrected chi connectivity index (χ0v) is 35.1. The van der Waals surface area contributed by atoms with Crippen LogP contribution in [-0.2, 0) is 39.9 Å². The van der Waals surface area contributed by atoms with Crippen LogP contribution in [0.3, 0.4) is 0 Å². The van der Waals surface area contributed by atoms with Gasteiger partial charge in [0, 0.05) is 49.7 Å². The maximum absolute atomic E-state index is 12.9. The van der Waals surface area contributed by atoms with Crippen molar-refractivity contribution >= 4 is 29.3 Å². The van der Waals surface area contributed by atoms with E-state index in [9.17, 15) is 24.0 Å². The molecule has 2 atom stereocenters. The Kier molecular flexibility index (Phi) is 29.8. The first-order valence-electron chi connectivity index (χ1n) is 21.5. The molecule has 8 N–H and O–H groups in total. The molecule has 14 nitrogen and oxygen atoms in total. The van der Waals surface area contributed by atoms with Crippen LogP contribution >= 0.6 is 0 Å². The summed E-state index contributed by atoms with van der Waals surface area (Å²) in [5.41, 5.74) is 11.4. The topological polar surface area (TPSA) is 221 Å². The van der Waals surface area contributed by atoms with Gasteiger partial charge in [0.25, 0.3) is 0 Å². The van der Waals surface area contributed by atoms with Gasteiger partial charge in [-0.3, -0.25) is 29.3 Å². The van der Waals surface area contributed by atoms with Crippen molar-refractivity contribution in [3.8, 4) is 0 Å². The molecule has 0 fully saturated rings. The first kappa shape index (κ1) is 50.8. The summed E-state index contributed by atoms with van der Waals surface area (Å²) in [5.74, 6) is -1.24. The van der Waals surface area contributed by atoms with Crippen LogP contribution in [0, 0.1) is 5.41 Å². The Balaban J connectivity index is 1.98. The van der Waals surface area contributed by atoms with Crippen LogP contribution in [-0.4, -0.2) is 97.4 Å². The Morgan fingerprint density at radius 1 is 0.768 bits per heavy atom. The highest BCUT2D eigenvalue weighted by molar-refractivity contribution is 5.93. The van der Waals surface area contributed by atoms with Gasteiger partial charge in [-0.1, -0.05) is 111 Å². The molecule has 0 spiro atoms. The van der Waals surface area contributed by atoms with Gasteiger partial charge in [-0.15, -0.1) is 0 Å². The van der Waals surface area contributed by atoms with E-state index in [1.807, 2.05) is 0 Å². The van der Waals surface area contributed by atoms with Gasteiger partial charge < -0.3 is 36.6 Å². The maximum Gasteiger partial charge on any atom is 0.245 e. The molecule has 0 aliphatic rings. The number of amides is 3. The van der Waals surface area contributed by atoms with Gasteiger partial charge in [-0.25, -0.2) is 4.98 Å².